The minimum absolute atomic E-state index is 0.0962. The van der Waals surface area contributed by atoms with Crippen molar-refractivity contribution >= 4 is 23.4 Å². The zero-order valence-corrected chi connectivity index (χ0v) is 14.9. The maximum Gasteiger partial charge on any atom is 0.341 e. The van der Waals surface area contributed by atoms with Crippen LogP contribution in [0.15, 0.2) is 36.8 Å². The first kappa shape index (κ1) is 18.3. The topological polar surface area (TPSA) is 105 Å². The van der Waals surface area contributed by atoms with Gasteiger partial charge >= 0.3 is 5.97 Å². The SMILES string of the molecule is CCc1cccc(F)c1CNc1nc(Nc2cnn(C)c2)ncc1C(=O)O. The zero-order valence-electron chi connectivity index (χ0n) is 14.9. The Balaban J connectivity index is 1.86. The van der Waals surface area contributed by atoms with Crippen LogP contribution in [0.1, 0.15) is 28.4 Å². The number of aromatic nitrogens is 4. The smallest absolute Gasteiger partial charge is 0.341 e. The number of hydrogen-bond acceptors (Lipinski definition) is 6. The number of halogens is 1. The predicted molar refractivity (Wildman–Crippen MR) is 98.6 cm³/mol. The van der Waals surface area contributed by atoms with Crippen LogP contribution in [0.3, 0.4) is 0 Å². The zero-order chi connectivity index (χ0) is 19.4. The van der Waals surface area contributed by atoms with E-state index in [0.29, 0.717) is 17.7 Å². The van der Waals surface area contributed by atoms with Crippen LogP contribution in [-0.2, 0) is 20.0 Å². The third kappa shape index (κ3) is 4.20. The van der Waals surface area contributed by atoms with Gasteiger partial charge in [-0.15, -0.1) is 0 Å². The van der Waals surface area contributed by atoms with Gasteiger partial charge in [0.05, 0.1) is 11.9 Å². The molecule has 0 radical (unpaired) electrons. The highest BCUT2D eigenvalue weighted by Crippen LogP contribution is 2.20. The molecule has 140 valence electrons. The molecule has 0 atom stereocenters. The fourth-order valence-corrected chi connectivity index (χ4v) is 2.65. The lowest BCUT2D eigenvalue weighted by atomic mass is 10.0. The van der Waals surface area contributed by atoms with Crippen LogP contribution in [0, 0.1) is 5.82 Å². The van der Waals surface area contributed by atoms with Gasteiger partial charge in [0.2, 0.25) is 5.95 Å². The predicted octanol–water partition coefficient (Wildman–Crippen LogP) is 2.97. The average Bonchev–Trinajstić information content (AvgIpc) is 3.05. The molecule has 3 N–H and O–H groups in total. The molecule has 0 aliphatic carbocycles. The minimum atomic E-state index is -1.17. The second-order valence-electron chi connectivity index (χ2n) is 5.87. The third-order valence-corrected chi connectivity index (χ3v) is 4.01. The first-order valence-corrected chi connectivity index (χ1v) is 8.34. The largest absolute Gasteiger partial charge is 0.477 e. The number of anilines is 3. The van der Waals surface area contributed by atoms with Crippen molar-refractivity contribution in [3.05, 3.63) is 59.3 Å². The molecule has 3 aromatic rings. The molecule has 0 amide bonds. The van der Waals surface area contributed by atoms with Gasteiger partial charge < -0.3 is 15.7 Å². The Morgan fingerprint density at radius 2 is 2.15 bits per heavy atom. The average molecular weight is 370 g/mol. The third-order valence-electron chi connectivity index (χ3n) is 4.01. The Hall–Kier alpha value is -3.49. The molecule has 9 heteroatoms. The Bertz CT molecular complexity index is 972. The van der Waals surface area contributed by atoms with Gasteiger partial charge in [-0.05, 0) is 18.1 Å². The number of benzene rings is 1. The Labute approximate surface area is 155 Å². The summed E-state index contributed by atoms with van der Waals surface area (Å²) in [5.74, 6) is -1.20. The second-order valence-corrected chi connectivity index (χ2v) is 5.87. The molecule has 2 aromatic heterocycles. The molecule has 1 aromatic carbocycles. The molecule has 2 heterocycles. The maximum absolute atomic E-state index is 14.2. The number of carbonyl (C=O) groups is 1. The van der Waals surface area contributed by atoms with Crippen molar-refractivity contribution in [2.45, 2.75) is 19.9 Å². The fraction of sp³-hybridized carbons (Fsp3) is 0.222. The van der Waals surface area contributed by atoms with Crippen LogP contribution in [0.4, 0.5) is 21.8 Å². The molecule has 0 fully saturated rings. The van der Waals surface area contributed by atoms with Gasteiger partial charge in [-0.2, -0.15) is 10.1 Å². The number of nitrogens with one attached hydrogen (secondary N) is 2. The molecule has 0 aliphatic heterocycles. The molecule has 0 spiro atoms. The van der Waals surface area contributed by atoms with Gasteiger partial charge in [-0.3, -0.25) is 4.68 Å². The van der Waals surface area contributed by atoms with Crippen LogP contribution in [-0.4, -0.2) is 30.8 Å². The van der Waals surface area contributed by atoms with E-state index in [2.05, 4.69) is 25.7 Å². The van der Waals surface area contributed by atoms with Crippen molar-refractivity contribution in [1.29, 1.82) is 0 Å². The maximum atomic E-state index is 14.2. The van der Waals surface area contributed by atoms with E-state index in [9.17, 15) is 14.3 Å². The minimum Gasteiger partial charge on any atom is -0.477 e. The second kappa shape index (κ2) is 7.81. The van der Waals surface area contributed by atoms with Crippen LogP contribution in [0.5, 0.6) is 0 Å². The van der Waals surface area contributed by atoms with Crippen molar-refractivity contribution in [2.75, 3.05) is 10.6 Å². The molecule has 0 aliphatic rings. The van der Waals surface area contributed by atoms with Crippen molar-refractivity contribution in [3.63, 3.8) is 0 Å². The molecular weight excluding hydrogens is 351 g/mol. The summed E-state index contributed by atoms with van der Waals surface area (Å²) in [5.41, 5.74) is 1.90. The van der Waals surface area contributed by atoms with E-state index in [4.69, 9.17) is 0 Å². The van der Waals surface area contributed by atoms with E-state index in [1.165, 1.54) is 12.3 Å². The summed E-state index contributed by atoms with van der Waals surface area (Å²) in [6.07, 6.45) is 5.19. The number of carboxylic acids is 1. The first-order valence-electron chi connectivity index (χ1n) is 8.34. The summed E-state index contributed by atoms with van der Waals surface area (Å²) < 4.78 is 15.8. The van der Waals surface area contributed by atoms with Gasteiger partial charge in [0.1, 0.15) is 17.2 Å². The van der Waals surface area contributed by atoms with Crippen molar-refractivity contribution < 1.29 is 14.3 Å². The number of nitrogens with zero attached hydrogens (tertiary/aromatic N) is 4. The van der Waals surface area contributed by atoms with Crippen molar-refractivity contribution in [1.82, 2.24) is 19.7 Å². The monoisotopic (exact) mass is 370 g/mol. The lowest BCUT2D eigenvalue weighted by Gasteiger charge is -2.13. The molecule has 0 unspecified atom stereocenters. The number of carboxylic acid groups (broad SMARTS) is 1. The van der Waals surface area contributed by atoms with Gasteiger partial charge in [-0.25, -0.2) is 14.2 Å². The molecule has 0 saturated heterocycles. The van der Waals surface area contributed by atoms with Crippen molar-refractivity contribution in [2.24, 2.45) is 7.05 Å². The number of aryl methyl sites for hydroxylation is 2. The molecule has 8 nitrogen and oxygen atoms in total. The molecule has 0 bridgehead atoms. The Morgan fingerprint density at radius 3 is 2.81 bits per heavy atom. The van der Waals surface area contributed by atoms with Crippen molar-refractivity contribution in [3.8, 4) is 0 Å². The normalized spacial score (nSPS) is 10.6. The van der Waals surface area contributed by atoms with E-state index >= 15 is 0 Å². The van der Waals surface area contributed by atoms with E-state index in [-0.39, 0.29) is 29.7 Å². The summed E-state index contributed by atoms with van der Waals surface area (Å²) in [7, 11) is 1.77. The Kier molecular flexibility index (Phi) is 5.30. The van der Waals surface area contributed by atoms with Gasteiger partial charge in [0.25, 0.3) is 0 Å². The van der Waals surface area contributed by atoms with E-state index in [1.54, 1.807) is 30.2 Å². The summed E-state index contributed by atoms with van der Waals surface area (Å²) >= 11 is 0. The standard InChI is InChI=1S/C18H19FN6O2/c1-3-11-5-4-6-15(19)13(11)8-20-16-14(17(26)27)9-21-18(24-16)23-12-7-22-25(2)10-12/h4-7,9-10H,3,8H2,1-2H3,(H,26,27)(H2,20,21,23,24). The fourth-order valence-electron chi connectivity index (χ4n) is 2.65. The van der Waals surface area contributed by atoms with Crippen LogP contribution >= 0.6 is 0 Å². The number of aromatic carboxylic acids is 1. The highest BCUT2D eigenvalue weighted by atomic mass is 19.1. The van der Waals surface area contributed by atoms with E-state index in [0.717, 1.165) is 5.56 Å². The van der Waals surface area contributed by atoms with Crippen LogP contribution in [0.2, 0.25) is 0 Å². The molecule has 0 saturated carbocycles. The van der Waals surface area contributed by atoms with E-state index < -0.39 is 5.97 Å². The number of hydrogen-bond donors (Lipinski definition) is 3. The number of rotatable bonds is 7. The highest BCUT2D eigenvalue weighted by Gasteiger charge is 2.15. The quantitative estimate of drug-likeness (QED) is 0.587. The van der Waals surface area contributed by atoms with Crippen LogP contribution in [0.25, 0.3) is 0 Å². The lowest BCUT2D eigenvalue weighted by molar-refractivity contribution is 0.0697. The van der Waals surface area contributed by atoms with Gasteiger partial charge in [0.15, 0.2) is 0 Å². The summed E-state index contributed by atoms with van der Waals surface area (Å²) in [6.45, 7) is 2.04. The highest BCUT2D eigenvalue weighted by molar-refractivity contribution is 5.93. The molecule has 3 rings (SSSR count). The summed E-state index contributed by atoms with van der Waals surface area (Å²) in [5, 5.41) is 19.3. The van der Waals surface area contributed by atoms with Gasteiger partial charge in [0, 0.05) is 31.5 Å². The Morgan fingerprint density at radius 1 is 1.33 bits per heavy atom. The van der Waals surface area contributed by atoms with Gasteiger partial charge in [-0.1, -0.05) is 19.1 Å². The van der Waals surface area contributed by atoms with E-state index in [1.807, 2.05) is 13.0 Å². The summed E-state index contributed by atoms with van der Waals surface area (Å²) in [4.78, 5) is 19.7. The first-order chi connectivity index (χ1) is 13.0. The molecule has 27 heavy (non-hydrogen) atoms. The van der Waals surface area contributed by atoms with Crippen LogP contribution < -0.4 is 10.6 Å². The molecular formula is C18H19FN6O2. The lowest BCUT2D eigenvalue weighted by Crippen LogP contribution is -2.12. The summed E-state index contributed by atoms with van der Waals surface area (Å²) in [6, 6.07) is 4.87.